The number of halogens is 3. The van der Waals surface area contributed by atoms with E-state index in [9.17, 15) is 18.0 Å². The standard InChI is InChI=1S/C19H11F3N2O3S2/c20-19(21,22)9-26-12-3-1-2-10(4-12)14-8-23-7-11-5-13(27-16(11)14)6-15-17(25)24-18(28)29-15/h1-8H,9H2,(H,24,25,28). The summed E-state index contributed by atoms with van der Waals surface area (Å²) in [6, 6.07) is 7.96. The van der Waals surface area contributed by atoms with Crippen LogP contribution in [0.3, 0.4) is 0 Å². The largest absolute Gasteiger partial charge is 0.484 e. The fraction of sp³-hybridized carbons (Fsp3) is 0.105. The van der Waals surface area contributed by atoms with E-state index in [4.69, 9.17) is 21.4 Å². The number of carbonyl (C=O) groups is 1. The Bertz CT molecular complexity index is 1160. The van der Waals surface area contributed by atoms with Gasteiger partial charge in [0.25, 0.3) is 5.91 Å². The molecule has 0 aliphatic carbocycles. The average molecular weight is 436 g/mol. The Morgan fingerprint density at radius 3 is 2.83 bits per heavy atom. The highest BCUT2D eigenvalue weighted by Gasteiger charge is 2.28. The molecule has 0 saturated carbocycles. The summed E-state index contributed by atoms with van der Waals surface area (Å²) in [7, 11) is 0. The van der Waals surface area contributed by atoms with Crippen LogP contribution in [0.5, 0.6) is 5.75 Å². The van der Waals surface area contributed by atoms with E-state index in [0.29, 0.717) is 37.1 Å². The van der Waals surface area contributed by atoms with Crippen LogP contribution in [0.15, 0.2) is 52.0 Å². The van der Waals surface area contributed by atoms with Gasteiger partial charge in [-0.1, -0.05) is 36.1 Å². The number of amides is 1. The first-order valence-corrected chi connectivity index (χ1v) is 9.43. The SMILES string of the molecule is O=C1NC(=S)SC1=Cc1cc2cncc(-c3cccc(OCC(F)(F)F)c3)c2o1. The zero-order valence-electron chi connectivity index (χ0n) is 14.4. The Morgan fingerprint density at radius 2 is 2.10 bits per heavy atom. The lowest BCUT2D eigenvalue weighted by atomic mass is 10.1. The molecular weight excluding hydrogens is 425 g/mol. The lowest BCUT2D eigenvalue weighted by Gasteiger charge is -2.10. The molecule has 1 aliphatic heterocycles. The number of ether oxygens (including phenoxy) is 1. The second-order valence-electron chi connectivity index (χ2n) is 6.04. The minimum atomic E-state index is -4.42. The first kappa shape index (κ1) is 19.5. The number of aromatic nitrogens is 1. The summed E-state index contributed by atoms with van der Waals surface area (Å²) in [4.78, 5) is 16.4. The highest BCUT2D eigenvalue weighted by atomic mass is 32.2. The molecule has 1 aliphatic rings. The van der Waals surface area contributed by atoms with Crippen molar-refractivity contribution in [2.75, 3.05) is 6.61 Å². The number of nitrogens with one attached hydrogen (secondary N) is 1. The van der Waals surface area contributed by atoms with Gasteiger partial charge in [-0.05, 0) is 23.8 Å². The maximum atomic E-state index is 12.4. The Hall–Kier alpha value is -2.85. The number of rotatable bonds is 4. The number of furan rings is 1. The van der Waals surface area contributed by atoms with Crippen LogP contribution in [0, 0.1) is 0 Å². The molecule has 1 N–H and O–H groups in total. The topological polar surface area (TPSA) is 64.4 Å². The Morgan fingerprint density at radius 1 is 1.28 bits per heavy atom. The molecule has 1 saturated heterocycles. The second-order valence-corrected chi connectivity index (χ2v) is 7.76. The minimum absolute atomic E-state index is 0.0817. The van der Waals surface area contributed by atoms with E-state index >= 15 is 0 Å². The number of pyridine rings is 1. The minimum Gasteiger partial charge on any atom is -0.484 e. The van der Waals surface area contributed by atoms with Crippen LogP contribution in [0.2, 0.25) is 0 Å². The molecule has 0 unspecified atom stereocenters. The van der Waals surface area contributed by atoms with Crippen LogP contribution in [0.25, 0.3) is 28.2 Å². The van der Waals surface area contributed by atoms with Gasteiger partial charge in [0, 0.05) is 29.4 Å². The van der Waals surface area contributed by atoms with Crippen molar-refractivity contribution < 1.29 is 27.1 Å². The van der Waals surface area contributed by atoms with Crippen LogP contribution < -0.4 is 10.1 Å². The summed E-state index contributed by atoms with van der Waals surface area (Å²) in [6.45, 7) is -1.38. The summed E-state index contributed by atoms with van der Waals surface area (Å²) in [5.41, 5.74) is 1.67. The smallest absolute Gasteiger partial charge is 0.422 e. The van der Waals surface area contributed by atoms with Gasteiger partial charge < -0.3 is 14.5 Å². The fourth-order valence-corrected chi connectivity index (χ4v) is 3.75. The lowest BCUT2D eigenvalue weighted by molar-refractivity contribution is -0.153. The molecule has 0 atom stereocenters. The van der Waals surface area contributed by atoms with Crippen molar-refractivity contribution in [1.29, 1.82) is 0 Å². The highest BCUT2D eigenvalue weighted by Crippen LogP contribution is 2.34. The van der Waals surface area contributed by atoms with Crippen molar-refractivity contribution >= 4 is 51.3 Å². The zero-order valence-corrected chi connectivity index (χ0v) is 16.1. The van der Waals surface area contributed by atoms with E-state index in [1.807, 2.05) is 0 Å². The molecular formula is C19H11F3N2O3S2. The number of carbonyl (C=O) groups excluding carboxylic acids is 1. The molecule has 4 rings (SSSR count). The van der Waals surface area contributed by atoms with Crippen molar-refractivity contribution in [2.45, 2.75) is 6.18 Å². The lowest BCUT2D eigenvalue weighted by Crippen LogP contribution is -2.19. The molecule has 148 valence electrons. The van der Waals surface area contributed by atoms with Gasteiger partial charge in [0.05, 0.1) is 4.91 Å². The zero-order chi connectivity index (χ0) is 20.6. The molecule has 1 fully saturated rings. The van der Waals surface area contributed by atoms with E-state index in [1.54, 1.807) is 36.7 Å². The highest BCUT2D eigenvalue weighted by molar-refractivity contribution is 8.26. The number of fused-ring (bicyclic) bond motifs is 1. The molecule has 2 aromatic heterocycles. The maximum Gasteiger partial charge on any atom is 0.422 e. The van der Waals surface area contributed by atoms with Gasteiger partial charge in [0.2, 0.25) is 0 Å². The van der Waals surface area contributed by atoms with Gasteiger partial charge in [0.15, 0.2) is 6.61 Å². The quantitative estimate of drug-likeness (QED) is 0.463. The van der Waals surface area contributed by atoms with Gasteiger partial charge in [-0.2, -0.15) is 13.2 Å². The molecule has 5 nitrogen and oxygen atoms in total. The molecule has 0 radical (unpaired) electrons. The van der Waals surface area contributed by atoms with Crippen molar-refractivity contribution in [1.82, 2.24) is 10.3 Å². The summed E-state index contributed by atoms with van der Waals surface area (Å²) in [5.74, 6) is 0.215. The third kappa shape index (κ3) is 4.43. The Labute approximate surface area is 171 Å². The van der Waals surface area contributed by atoms with E-state index in [0.717, 1.165) is 11.8 Å². The number of nitrogens with zero attached hydrogens (tertiary/aromatic N) is 1. The number of hydrogen-bond donors (Lipinski definition) is 1. The Balaban J connectivity index is 1.68. The van der Waals surface area contributed by atoms with Gasteiger partial charge in [-0.15, -0.1) is 0 Å². The van der Waals surface area contributed by atoms with Crippen molar-refractivity contribution in [3.63, 3.8) is 0 Å². The Kier molecular flexibility index (Phi) is 5.05. The third-order valence-electron chi connectivity index (χ3n) is 3.90. The normalized spacial score (nSPS) is 15.9. The van der Waals surface area contributed by atoms with Gasteiger partial charge in [0.1, 0.15) is 21.4 Å². The first-order valence-electron chi connectivity index (χ1n) is 8.21. The van der Waals surface area contributed by atoms with Crippen molar-refractivity contribution in [3.05, 3.63) is 53.4 Å². The molecule has 0 bridgehead atoms. The van der Waals surface area contributed by atoms with Crippen molar-refractivity contribution in [2.24, 2.45) is 0 Å². The molecule has 3 heterocycles. The summed E-state index contributed by atoms with van der Waals surface area (Å²) < 4.78 is 48.3. The molecule has 3 aromatic rings. The number of benzene rings is 1. The predicted octanol–water partition coefficient (Wildman–Crippen LogP) is 4.92. The van der Waals surface area contributed by atoms with Crippen LogP contribution >= 0.6 is 24.0 Å². The molecule has 1 aromatic carbocycles. The van der Waals surface area contributed by atoms with E-state index in [-0.39, 0.29) is 11.7 Å². The fourth-order valence-electron chi connectivity index (χ4n) is 2.73. The second kappa shape index (κ2) is 7.53. The number of thiocarbonyl (C=S) groups is 1. The van der Waals surface area contributed by atoms with Crippen LogP contribution in [0.1, 0.15) is 5.76 Å². The van der Waals surface area contributed by atoms with Crippen LogP contribution in [0.4, 0.5) is 13.2 Å². The number of alkyl halides is 3. The number of thioether (sulfide) groups is 1. The summed E-state index contributed by atoms with van der Waals surface area (Å²) in [5, 5.41) is 3.21. The van der Waals surface area contributed by atoms with E-state index in [1.165, 1.54) is 12.1 Å². The first-order chi connectivity index (χ1) is 13.8. The summed E-state index contributed by atoms with van der Waals surface area (Å²) >= 11 is 6.10. The molecule has 0 spiro atoms. The molecule has 1 amide bonds. The van der Waals surface area contributed by atoms with Crippen molar-refractivity contribution in [3.8, 4) is 16.9 Å². The number of hydrogen-bond acceptors (Lipinski definition) is 6. The van der Waals surface area contributed by atoms with E-state index in [2.05, 4.69) is 10.3 Å². The van der Waals surface area contributed by atoms with Crippen LogP contribution in [-0.2, 0) is 4.79 Å². The molecule has 29 heavy (non-hydrogen) atoms. The maximum absolute atomic E-state index is 12.4. The van der Waals surface area contributed by atoms with E-state index < -0.39 is 12.8 Å². The average Bonchev–Trinajstić information content (AvgIpc) is 3.21. The molecule has 10 heteroatoms. The van der Waals surface area contributed by atoms with Gasteiger partial charge >= 0.3 is 6.18 Å². The van der Waals surface area contributed by atoms with Crippen LogP contribution in [-0.4, -0.2) is 28.0 Å². The third-order valence-corrected chi connectivity index (χ3v) is 5.07. The monoisotopic (exact) mass is 436 g/mol. The summed E-state index contributed by atoms with van der Waals surface area (Å²) in [6.07, 6.45) is 0.304. The van der Waals surface area contributed by atoms with Gasteiger partial charge in [-0.3, -0.25) is 9.78 Å². The predicted molar refractivity (Wildman–Crippen MR) is 107 cm³/mol. The van der Waals surface area contributed by atoms with Gasteiger partial charge in [-0.25, -0.2) is 0 Å².